The average Bonchev–Trinajstić information content (AvgIpc) is 3.41. The number of anilines is 1. The topological polar surface area (TPSA) is 103 Å². The van der Waals surface area contributed by atoms with Crippen LogP contribution in [0.1, 0.15) is 23.2 Å². The Hall–Kier alpha value is -3.40. The number of carbonyl (C=O) groups excluding carboxylic acids is 1. The van der Waals surface area contributed by atoms with Gasteiger partial charge in [0.2, 0.25) is 10.0 Å². The van der Waals surface area contributed by atoms with Crippen LogP contribution in [-0.4, -0.2) is 46.8 Å². The van der Waals surface area contributed by atoms with Crippen molar-refractivity contribution in [2.24, 2.45) is 0 Å². The van der Waals surface area contributed by atoms with Gasteiger partial charge in [-0.3, -0.25) is 4.79 Å². The van der Waals surface area contributed by atoms with Gasteiger partial charge in [-0.05, 0) is 73.5 Å². The molecule has 4 rings (SSSR count). The molecule has 184 valence electrons. The second-order valence-electron chi connectivity index (χ2n) is 8.00. The van der Waals surface area contributed by atoms with Gasteiger partial charge in [0, 0.05) is 24.4 Å². The summed E-state index contributed by atoms with van der Waals surface area (Å²) in [4.78, 5) is 12.7. The highest BCUT2D eigenvalue weighted by Gasteiger charge is 2.20. The van der Waals surface area contributed by atoms with E-state index in [0.717, 1.165) is 18.6 Å². The van der Waals surface area contributed by atoms with Crippen LogP contribution in [-0.2, 0) is 14.8 Å². The molecule has 0 radical (unpaired) electrons. The summed E-state index contributed by atoms with van der Waals surface area (Å²) >= 11 is 0. The van der Waals surface area contributed by atoms with Gasteiger partial charge in [-0.2, -0.15) is 0 Å². The smallest absolute Gasteiger partial charge is 0.255 e. The van der Waals surface area contributed by atoms with Crippen LogP contribution >= 0.6 is 0 Å². The van der Waals surface area contributed by atoms with Crippen LogP contribution in [0.3, 0.4) is 0 Å². The van der Waals surface area contributed by atoms with Crippen LogP contribution in [0.15, 0.2) is 83.8 Å². The molecule has 1 fully saturated rings. The molecule has 1 aliphatic heterocycles. The third-order valence-corrected chi connectivity index (χ3v) is 6.87. The first-order valence-electron chi connectivity index (χ1n) is 11.4. The first-order chi connectivity index (χ1) is 17.0. The normalized spacial score (nSPS) is 15.5. The molecule has 1 amide bonds. The zero-order chi connectivity index (χ0) is 24.5. The fourth-order valence-corrected chi connectivity index (χ4v) is 4.62. The number of sulfonamides is 1. The first kappa shape index (κ1) is 24.7. The Labute approximate surface area is 205 Å². The highest BCUT2D eigenvalue weighted by atomic mass is 32.2. The zero-order valence-corrected chi connectivity index (χ0v) is 20.0. The first-order valence-corrected chi connectivity index (χ1v) is 12.9. The highest BCUT2D eigenvalue weighted by molar-refractivity contribution is 7.89. The minimum Gasteiger partial charge on any atom is -0.490 e. The molecule has 1 heterocycles. The van der Waals surface area contributed by atoms with E-state index < -0.39 is 10.0 Å². The summed E-state index contributed by atoms with van der Waals surface area (Å²) in [5, 5.41) is 2.77. The fourth-order valence-electron chi connectivity index (χ4n) is 3.55. The fraction of sp³-hybridized carbons (Fsp3) is 0.269. The lowest BCUT2D eigenvalue weighted by Gasteiger charge is -2.12. The summed E-state index contributed by atoms with van der Waals surface area (Å²) in [6.07, 6.45) is 1.71. The van der Waals surface area contributed by atoms with Gasteiger partial charge in [-0.25, -0.2) is 13.1 Å². The third-order valence-electron chi connectivity index (χ3n) is 5.43. The number of carbonyl (C=O) groups is 1. The van der Waals surface area contributed by atoms with Gasteiger partial charge in [-0.15, -0.1) is 0 Å². The van der Waals surface area contributed by atoms with Gasteiger partial charge in [0.25, 0.3) is 5.91 Å². The SMILES string of the molecule is O=C(Nc1ccc(S(=O)(=O)NCC2CCCO2)cc1)c1ccc(OCCOc2ccccc2)cc1. The summed E-state index contributed by atoms with van der Waals surface area (Å²) < 4.78 is 44.2. The Balaban J connectivity index is 1.24. The van der Waals surface area contributed by atoms with Crippen molar-refractivity contribution in [3.63, 3.8) is 0 Å². The molecule has 0 bridgehead atoms. The maximum absolute atomic E-state index is 12.6. The van der Waals surface area contributed by atoms with E-state index in [1.165, 1.54) is 12.1 Å². The number of hydrogen-bond donors (Lipinski definition) is 2. The van der Waals surface area contributed by atoms with Gasteiger partial charge in [-0.1, -0.05) is 18.2 Å². The molecule has 9 heteroatoms. The summed E-state index contributed by atoms with van der Waals surface area (Å²) in [5.74, 6) is 1.10. The molecule has 35 heavy (non-hydrogen) atoms. The van der Waals surface area contributed by atoms with Crippen LogP contribution in [0.4, 0.5) is 5.69 Å². The number of nitrogens with one attached hydrogen (secondary N) is 2. The quantitative estimate of drug-likeness (QED) is 0.391. The van der Waals surface area contributed by atoms with E-state index in [0.29, 0.717) is 36.8 Å². The van der Waals surface area contributed by atoms with E-state index in [9.17, 15) is 13.2 Å². The second kappa shape index (κ2) is 11.8. The van der Waals surface area contributed by atoms with Crippen molar-refractivity contribution < 1.29 is 27.4 Å². The van der Waals surface area contributed by atoms with Crippen LogP contribution in [0.5, 0.6) is 11.5 Å². The largest absolute Gasteiger partial charge is 0.490 e. The standard InChI is InChI=1S/C26H28N2O6S/c29-26(20-8-12-23(13-9-20)34-18-17-33-22-5-2-1-3-6-22)28-21-10-14-25(15-11-21)35(30,31)27-19-24-7-4-16-32-24/h1-3,5-6,8-15,24,27H,4,7,16-19H2,(H,28,29). The molecule has 0 saturated carbocycles. The van der Waals surface area contributed by atoms with E-state index in [1.807, 2.05) is 30.3 Å². The van der Waals surface area contributed by atoms with E-state index >= 15 is 0 Å². The Morgan fingerprint density at radius 3 is 2.17 bits per heavy atom. The molecule has 0 aromatic heterocycles. The summed E-state index contributed by atoms with van der Waals surface area (Å²) in [6, 6.07) is 22.3. The number of ether oxygens (including phenoxy) is 3. The van der Waals surface area contributed by atoms with Gasteiger partial charge in [0.1, 0.15) is 24.7 Å². The number of amides is 1. The molecular formula is C26H28N2O6S. The summed E-state index contributed by atoms with van der Waals surface area (Å²) in [6.45, 7) is 1.70. The van der Waals surface area contributed by atoms with E-state index in [4.69, 9.17) is 14.2 Å². The summed E-state index contributed by atoms with van der Waals surface area (Å²) in [7, 11) is -3.64. The van der Waals surface area contributed by atoms with Crippen LogP contribution < -0.4 is 19.5 Å². The van der Waals surface area contributed by atoms with Gasteiger partial charge >= 0.3 is 0 Å². The van der Waals surface area contributed by atoms with E-state index in [1.54, 1.807) is 36.4 Å². The minimum absolute atomic E-state index is 0.0808. The monoisotopic (exact) mass is 496 g/mol. The van der Waals surface area contributed by atoms with Crippen LogP contribution in [0.25, 0.3) is 0 Å². The van der Waals surface area contributed by atoms with Crippen molar-refractivity contribution in [3.05, 3.63) is 84.4 Å². The van der Waals surface area contributed by atoms with Crippen molar-refractivity contribution in [3.8, 4) is 11.5 Å². The molecule has 1 atom stereocenters. The molecule has 3 aromatic carbocycles. The molecule has 3 aromatic rings. The number of rotatable bonds is 11. The van der Waals surface area contributed by atoms with E-state index in [-0.39, 0.29) is 23.5 Å². The third kappa shape index (κ3) is 7.29. The van der Waals surface area contributed by atoms with Crippen molar-refractivity contribution >= 4 is 21.6 Å². The lowest BCUT2D eigenvalue weighted by Crippen LogP contribution is -2.31. The highest BCUT2D eigenvalue weighted by Crippen LogP contribution is 2.18. The molecule has 8 nitrogen and oxygen atoms in total. The Morgan fingerprint density at radius 2 is 1.54 bits per heavy atom. The molecule has 1 saturated heterocycles. The van der Waals surface area contributed by atoms with E-state index in [2.05, 4.69) is 10.0 Å². The lowest BCUT2D eigenvalue weighted by atomic mass is 10.2. The van der Waals surface area contributed by atoms with Crippen molar-refractivity contribution in [2.45, 2.75) is 23.8 Å². The van der Waals surface area contributed by atoms with Crippen LogP contribution in [0, 0.1) is 0 Å². The van der Waals surface area contributed by atoms with Crippen molar-refractivity contribution in [2.75, 3.05) is 31.7 Å². The van der Waals surface area contributed by atoms with Gasteiger partial charge < -0.3 is 19.5 Å². The van der Waals surface area contributed by atoms with Crippen LogP contribution in [0.2, 0.25) is 0 Å². The Bertz CT molecular complexity index is 1190. The molecule has 2 N–H and O–H groups in total. The Kier molecular flexibility index (Phi) is 8.36. The zero-order valence-electron chi connectivity index (χ0n) is 19.2. The molecular weight excluding hydrogens is 468 g/mol. The average molecular weight is 497 g/mol. The van der Waals surface area contributed by atoms with Gasteiger partial charge in [0.15, 0.2) is 0 Å². The maximum Gasteiger partial charge on any atom is 0.255 e. The lowest BCUT2D eigenvalue weighted by molar-refractivity contribution is 0.102. The summed E-state index contributed by atoms with van der Waals surface area (Å²) in [5.41, 5.74) is 0.944. The van der Waals surface area contributed by atoms with Gasteiger partial charge in [0.05, 0.1) is 11.0 Å². The number of para-hydroxylation sites is 1. The molecule has 0 aliphatic carbocycles. The number of benzene rings is 3. The second-order valence-corrected chi connectivity index (χ2v) is 9.77. The Morgan fingerprint density at radius 1 is 0.886 bits per heavy atom. The predicted octanol–water partition coefficient (Wildman–Crippen LogP) is 3.85. The minimum atomic E-state index is -3.64. The maximum atomic E-state index is 12.6. The molecule has 0 spiro atoms. The predicted molar refractivity (Wildman–Crippen MR) is 132 cm³/mol. The van der Waals surface area contributed by atoms with Crippen molar-refractivity contribution in [1.82, 2.24) is 4.72 Å². The van der Waals surface area contributed by atoms with Crippen molar-refractivity contribution in [1.29, 1.82) is 0 Å². The number of hydrogen-bond acceptors (Lipinski definition) is 6. The molecule has 1 unspecified atom stereocenters. The molecule has 1 aliphatic rings.